The van der Waals surface area contributed by atoms with E-state index in [0.29, 0.717) is 0 Å². The first-order valence-electron chi connectivity index (χ1n) is 5.45. The summed E-state index contributed by atoms with van der Waals surface area (Å²) in [7, 11) is -7.52. The normalized spacial score (nSPS) is 12.2. The summed E-state index contributed by atoms with van der Waals surface area (Å²) in [6.07, 6.45) is 0.0245. The molecule has 0 bridgehead atoms. The van der Waals surface area contributed by atoms with Crippen molar-refractivity contribution in [1.29, 1.82) is 0 Å². The summed E-state index contributed by atoms with van der Waals surface area (Å²) in [5.74, 6) is -1.58. The standard InChI is InChI=1S/C10H14N2O6S2/c11-19(15,16)6-2-5-12-20(17,18)9-4-1-3-8(7-9)10(13)14/h1,3-4,7,12H,2,5-6H2,(H,13,14)(H2,11,15,16). The summed E-state index contributed by atoms with van der Waals surface area (Å²) in [4.78, 5) is 10.6. The molecule has 0 saturated carbocycles. The molecule has 10 heteroatoms. The number of hydrogen-bond donors (Lipinski definition) is 3. The van der Waals surface area contributed by atoms with Gasteiger partial charge in [0.05, 0.1) is 16.2 Å². The molecule has 0 spiro atoms. The Morgan fingerprint density at radius 2 is 1.90 bits per heavy atom. The van der Waals surface area contributed by atoms with Crippen molar-refractivity contribution in [3.63, 3.8) is 0 Å². The van der Waals surface area contributed by atoms with Crippen LogP contribution < -0.4 is 9.86 Å². The fourth-order valence-electron chi connectivity index (χ4n) is 1.36. The Balaban J connectivity index is 2.74. The van der Waals surface area contributed by atoms with Crippen LogP contribution in [0.15, 0.2) is 29.2 Å². The SMILES string of the molecule is NS(=O)(=O)CCCNS(=O)(=O)c1cccc(C(=O)O)c1. The highest BCUT2D eigenvalue weighted by Crippen LogP contribution is 2.11. The smallest absolute Gasteiger partial charge is 0.335 e. The van der Waals surface area contributed by atoms with Crippen LogP contribution in [0.25, 0.3) is 0 Å². The maximum absolute atomic E-state index is 11.8. The highest BCUT2D eigenvalue weighted by Gasteiger charge is 2.15. The third-order valence-corrected chi connectivity index (χ3v) is 4.61. The highest BCUT2D eigenvalue weighted by atomic mass is 32.2. The fourth-order valence-corrected chi connectivity index (χ4v) is 3.03. The van der Waals surface area contributed by atoms with Gasteiger partial charge >= 0.3 is 5.97 Å². The molecule has 0 unspecified atom stereocenters. The monoisotopic (exact) mass is 322 g/mol. The summed E-state index contributed by atoms with van der Waals surface area (Å²) in [6.45, 7) is -0.115. The van der Waals surface area contributed by atoms with Crippen LogP contribution in [0.1, 0.15) is 16.8 Å². The Bertz CT molecular complexity index is 696. The van der Waals surface area contributed by atoms with Crippen molar-refractivity contribution in [2.75, 3.05) is 12.3 Å². The predicted molar refractivity (Wildman–Crippen MR) is 71.2 cm³/mol. The van der Waals surface area contributed by atoms with Gasteiger partial charge in [0.2, 0.25) is 20.0 Å². The van der Waals surface area contributed by atoms with Crippen LogP contribution in [0.3, 0.4) is 0 Å². The Kier molecular flexibility index (Phi) is 5.22. The highest BCUT2D eigenvalue weighted by molar-refractivity contribution is 7.89. The number of benzene rings is 1. The molecule has 0 saturated heterocycles. The van der Waals surface area contributed by atoms with Crippen molar-refractivity contribution in [3.8, 4) is 0 Å². The summed E-state index contributed by atoms with van der Waals surface area (Å²) in [5, 5.41) is 13.6. The number of aromatic carboxylic acids is 1. The van der Waals surface area contributed by atoms with Crippen molar-refractivity contribution in [1.82, 2.24) is 4.72 Å². The van der Waals surface area contributed by atoms with Crippen molar-refractivity contribution < 1.29 is 26.7 Å². The molecule has 20 heavy (non-hydrogen) atoms. The van der Waals surface area contributed by atoms with Crippen molar-refractivity contribution >= 4 is 26.0 Å². The molecule has 0 aliphatic heterocycles. The molecule has 8 nitrogen and oxygen atoms in total. The van der Waals surface area contributed by atoms with Gasteiger partial charge in [-0.1, -0.05) is 6.07 Å². The van der Waals surface area contributed by atoms with E-state index in [1.807, 2.05) is 0 Å². The van der Waals surface area contributed by atoms with Crippen molar-refractivity contribution in [2.45, 2.75) is 11.3 Å². The predicted octanol–water partition coefficient (Wildman–Crippen LogP) is -0.658. The molecule has 0 heterocycles. The maximum Gasteiger partial charge on any atom is 0.335 e. The second-order valence-electron chi connectivity index (χ2n) is 3.95. The Morgan fingerprint density at radius 3 is 2.45 bits per heavy atom. The third kappa shape index (κ3) is 5.25. The van der Waals surface area contributed by atoms with Gasteiger partial charge in [-0.25, -0.2) is 31.5 Å². The first kappa shape index (κ1) is 16.6. The number of primary sulfonamides is 1. The van der Waals surface area contributed by atoms with Crippen molar-refractivity contribution in [3.05, 3.63) is 29.8 Å². The molecule has 0 aliphatic rings. The summed E-state index contributed by atoms with van der Waals surface area (Å²) in [5.41, 5.74) is -0.155. The van der Waals surface area contributed by atoms with Gasteiger partial charge in [0.25, 0.3) is 0 Å². The second kappa shape index (κ2) is 6.31. The average molecular weight is 322 g/mol. The van der Waals surface area contributed by atoms with E-state index in [-0.39, 0.29) is 29.2 Å². The quantitative estimate of drug-likeness (QED) is 0.569. The van der Waals surface area contributed by atoms with Gasteiger partial charge in [0, 0.05) is 6.54 Å². The second-order valence-corrected chi connectivity index (χ2v) is 7.45. The molecule has 0 atom stereocenters. The molecule has 4 N–H and O–H groups in total. The molecule has 0 amide bonds. The first-order chi connectivity index (χ1) is 9.12. The average Bonchev–Trinajstić information content (AvgIpc) is 2.34. The zero-order chi connectivity index (χ0) is 15.4. The van der Waals surface area contributed by atoms with E-state index < -0.39 is 26.0 Å². The van der Waals surface area contributed by atoms with E-state index in [1.54, 1.807) is 0 Å². The lowest BCUT2D eigenvalue weighted by Gasteiger charge is -2.07. The van der Waals surface area contributed by atoms with Crippen molar-refractivity contribution in [2.24, 2.45) is 5.14 Å². The maximum atomic E-state index is 11.8. The minimum absolute atomic E-state index is 0.0245. The molecule has 112 valence electrons. The topological polar surface area (TPSA) is 144 Å². The van der Waals surface area contributed by atoms with Gasteiger partial charge < -0.3 is 5.11 Å². The molecule has 0 fully saturated rings. The zero-order valence-corrected chi connectivity index (χ0v) is 11.9. The van der Waals surface area contributed by atoms with Gasteiger partial charge in [-0.05, 0) is 24.6 Å². The van der Waals surface area contributed by atoms with E-state index >= 15 is 0 Å². The lowest BCUT2D eigenvalue weighted by molar-refractivity contribution is 0.0696. The number of sulfonamides is 2. The number of carboxylic acids is 1. The van der Waals surface area contributed by atoms with E-state index in [4.69, 9.17) is 10.2 Å². The van der Waals surface area contributed by atoms with Gasteiger partial charge in [-0.2, -0.15) is 0 Å². The van der Waals surface area contributed by atoms with Crippen LogP contribution in [-0.4, -0.2) is 40.2 Å². The largest absolute Gasteiger partial charge is 0.478 e. The molecule has 1 rings (SSSR count). The van der Waals surface area contributed by atoms with Crippen LogP contribution in [0.2, 0.25) is 0 Å². The van der Waals surface area contributed by atoms with Gasteiger partial charge in [-0.15, -0.1) is 0 Å². The zero-order valence-electron chi connectivity index (χ0n) is 10.3. The molecule has 1 aromatic rings. The molecular weight excluding hydrogens is 308 g/mol. The molecule has 0 aromatic heterocycles. The van der Waals surface area contributed by atoms with Gasteiger partial charge in [0.15, 0.2) is 0 Å². The number of rotatable bonds is 7. The summed E-state index contributed by atoms with van der Waals surface area (Å²) in [6, 6.07) is 4.84. The number of carbonyl (C=O) groups is 1. The number of hydrogen-bond acceptors (Lipinski definition) is 5. The number of nitrogens with two attached hydrogens (primary N) is 1. The summed E-state index contributed by atoms with van der Waals surface area (Å²) >= 11 is 0. The molecule has 1 aromatic carbocycles. The molecule has 0 radical (unpaired) electrons. The van der Waals surface area contributed by atoms with Crippen LogP contribution in [-0.2, 0) is 20.0 Å². The summed E-state index contributed by atoms with van der Waals surface area (Å²) < 4.78 is 47.2. The molecular formula is C10H14N2O6S2. The van der Waals surface area contributed by atoms with E-state index in [0.717, 1.165) is 6.07 Å². The number of nitrogens with one attached hydrogen (secondary N) is 1. The third-order valence-electron chi connectivity index (χ3n) is 2.29. The lowest BCUT2D eigenvalue weighted by Crippen LogP contribution is -2.27. The Morgan fingerprint density at radius 1 is 1.25 bits per heavy atom. The van der Waals surface area contributed by atoms with Crippen LogP contribution in [0, 0.1) is 0 Å². The van der Waals surface area contributed by atoms with E-state index in [2.05, 4.69) is 4.72 Å². The van der Waals surface area contributed by atoms with Gasteiger partial charge in [-0.3, -0.25) is 0 Å². The lowest BCUT2D eigenvalue weighted by atomic mass is 10.2. The Labute approximate surface area is 116 Å². The van der Waals surface area contributed by atoms with Gasteiger partial charge in [0.1, 0.15) is 0 Å². The fraction of sp³-hybridized carbons (Fsp3) is 0.300. The Hall–Kier alpha value is -1.49. The van der Waals surface area contributed by atoms with E-state index in [1.165, 1.54) is 18.2 Å². The van der Waals surface area contributed by atoms with Crippen LogP contribution in [0.5, 0.6) is 0 Å². The number of carboxylic acid groups (broad SMARTS) is 1. The van der Waals surface area contributed by atoms with E-state index in [9.17, 15) is 21.6 Å². The minimum atomic E-state index is -3.88. The van der Waals surface area contributed by atoms with Crippen LogP contribution >= 0.6 is 0 Å². The first-order valence-corrected chi connectivity index (χ1v) is 8.65. The van der Waals surface area contributed by atoms with Crippen LogP contribution in [0.4, 0.5) is 0 Å². The minimum Gasteiger partial charge on any atom is -0.478 e. The molecule has 0 aliphatic carbocycles.